The standard InChI is InChI=1S/C25H28N2O4S/c1-5-20-11-9-10-18(2)24(20)26-25(28)19(3)27(32(4,29)30)21-14-16-23(17-15-21)31-22-12-7-6-8-13-22/h6-17,19H,5H2,1-4H3,(H,26,28)/t19-/m0/s1. The highest BCUT2D eigenvalue weighted by Crippen LogP contribution is 2.28. The number of amides is 1. The SMILES string of the molecule is CCc1cccc(C)c1NC(=O)[C@H](C)N(c1ccc(Oc2ccccc2)cc1)S(C)(=O)=O. The average Bonchev–Trinajstić information content (AvgIpc) is 2.76. The second-order valence-electron chi connectivity index (χ2n) is 7.60. The monoisotopic (exact) mass is 452 g/mol. The van der Waals surface area contributed by atoms with Crippen LogP contribution in [0.3, 0.4) is 0 Å². The number of hydrogen-bond acceptors (Lipinski definition) is 4. The molecule has 32 heavy (non-hydrogen) atoms. The van der Waals surface area contributed by atoms with Crippen LogP contribution in [0.4, 0.5) is 11.4 Å². The Morgan fingerprint density at radius 1 is 0.969 bits per heavy atom. The molecule has 0 bridgehead atoms. The van der Waals surface area contributed by atoms with Gasteiger partial charge in [-0.1, -0.05) is 43.3 Å². The summed E-state index contributed by atoms with van der Waals surface area (Å²) in [7, 11) is -3.72. The van der Waals surface area contributed by atoms with E-state index in [0.29, 0.717) is 17.2 Å². The van der Waals surface area contributed by atoms with Gasteiger partial charge in [-0.15, -0.1) is 0 Å². The van der Waals surface area contributed by atoms with E-state index in [9.17, 15) is 13.2 Å². The van der Waals surface area contributed by atoms with Crippen molar-refractivity contribution in [2.24, 2.45) is 0 Å². The first kappa shape index (κ1) is 23.3. The lowest BCUT2D eigenvalue weighted by atomic mass is 10.1. The molecular formula is C25H28N2O4S. The fourth-order valence-electron chi connectivity index (χ4n) is 3.52. The quantitative estimate of drug-likeness (QED) is 0.513. The van der Waals surface area contributed by atoms with E-state index in [2.05, 4.69) is 5.32 Å². The molecule has 6 nitrogen and oxygen atoms in total. The summed E-state index contributed by atoms with van der Waals surface area (Å²) in [5.41, 5.74) is 3.04. The number of benzene rings is 3. The summed E-state index contributed by atoms with van der Waals surface area (Å²) in [6.45, 7) is 5.50. The van der Waals surface area contributed by atoms with Gasteiger partial charge in [-0.05, 0) is 67.8 Å². The van der Waals surface area contributed by atoms with E-state index in [1.54, 1.807) is 31.2 Å². The molecule has 1 amide bonds. The summed E-state index contributed by atoms with van der Waals surface area (Å²) >= 11 is 0. The molecule has 0 fully saturated rings. The van der Waals surface area contributed by atoms with Gasteiger partial charge in [0, 0.05) is 5.69 Å². The molecule has 7 heteroatoms. The van der Waals surface area contributed by atoms with Gasteiger partial charge in [-0.3, -0.25) is 9.10 Å². The molecule has 3 rings (SSSR count). The number of nitrogens with zero attached hydrogens (tertiary/aromatic N) is 1. The van der Waals surface area contributed by atoms with Crippen LogP contribution in [0.1, 0.15) is 25.0 Å². The average molecular weight is 453 g/mol. The van der Waals surface area contributed by atoms with Crippen molar-refractivity contribution in [3.8, 4) is 11.5 Å². The molecular weight excluding hydrogens is 424 g/mol. The van der Waals surface area contributed by atoms with E-state index in [1.165, 1.54) is 0 Å². The first-order valence-electron chi connectivity index (χ1n) is 10.4. The first-order chi connectivity index (χ1) is 15.2. The zero-order chi connectivity index (χ0) is 23.3. The number of ether oxygens (including phenoxy) is 1. The van der Waals surface area contributed by atoms with Crippen LogP contribution in [0.5, 0.6) is 11.5 Å². The molecule has 0 saturated carbocycles. The summed E-state index contributed by atoms with van der Waals surface area (Å²) in [6.07, 6.45) is 1.85. The van der Waals surface area contributed by atoms with E-state index in [0.717, 1.165) is 33.8 Å². The summed E-state index contributed by atoms with van der Waals surface area (Å²) in [6, 6.07) is 20.8. The van der Waals surface area contributed by atoms with Gasteiger partial charge in [0.05, 0.1) is 11.9 Å². The van der Waals surface area contributed by atoms with Crippen molar-refractivity contribution in [1.29, 1.82) is 0 Å². The maximum atomic E-state index is 13.1. The third-order valence-electron chi connectivity index (χ3n) is 5.15. The van der Waals surface area contributed by atoms with Crippen molar-refractivity contribution in [3.63, 3.8) is 0 Å². The van der Waals surface area contributed by atoms with Crippen molar-refractivity contribution in [1.82, 2.24) is 0 Å². The molecule has 0 aliphatic heterocycles. The van der Waals surface area contributed by atoms with Gasteiger partial charge < -0.3 is 10.1 Å². The van der Waals surface area contributed by atoms with Crippen LogP contribution in [-0.4, -0.2) is 26.6 Å². The van der Waals surface area contributed by atoms with Gasteiger partial charge in [-0.25, -0.2) is 8.42 Å². The predicted octanol–water partition coefficient (Wildman–Crippen LogP) is 5.14. The summed E-state index contributed by atoms with van der Waals surface area (Å²) < 4.78 is 32.1. The van der Waals surface area contributed by atoms with Crippen molar-refractivity contribution >= 4 is 27.3 Å². The summed E-state index contributed by atoms with van der Waals surface area (Å²) in [5, 5.41) is 2.93. The van der Waals surface area contributed by atoms with E-state index < -0.39 is 22.0 Å². The molecule has 3 aromatic carbocycles. The van der Waals surface area contributed by atoms with Gasteiger partial charge in [0.1, 0.15) is 17.5 Å². The minimum atomic E-state index is -3.72. The normalized spacial score (nSPS) is 12.1. The molecule has 0 spiro atoms. The lowest BCUT2D eigenvalue weighted by Crippen LogP contribution is -2.45. The number of carbonyl (C=O) groups is 1. The molecule has 0 heterocycles. The van der Waals surface area contributed by atoms with Crippen molar-refractivity contribution in [3.05, 3.63) is 83.9 Å². The molecule has 3 aromatic rings. The van der Waals surface area contributed by atoms with Crippen molar-refractivity contribution < 1.29 is 17.9 Å². The number of sulfonamides is 1. The molecule has 0 radical (unpaired) electrons. The predicted molar refractivity (Wildman–Crippen MR) is 129 cm³/mol. The number of aryl methyl sites for hydroxylation is 2. The van der Waals surface area contributed by atoms with Crippen LogP contribution in [0.25, 0.3) is 0 Å². The van der Waals surface area contributed by atoms with E-state index in [1.807, 2.05) is 62.4 Å². The first-order valence-corrected chi connectivity index (χ1v) is 12.3. The van der Waals surface area contributed by atoms with E-state index >= 15 is 0 Å². The third-order valence-corrected chi connectivity index (χ3v) is 6.39. The fourth-order valence-corrected chi connectivity index (χ4v) is 4.70. The van der Waals surface area contributed by atoms with Crippen LogP contribution in [0.15, 0.2) is 72.8 Å². The Labute approximate surface area is 189 Å². The second kappa shape index (κ2) is 9.87. The van der Waals surface area contributed by atoms with Crippen LogP contribution < -0.4 is 14.4 Å². The molecule has 0 aromatic heterocycles. The van der Waals surface area contributed by atoms with Crippen LogP contribution in [-0.2, 0) is 21.2 Å². The number of rotatable bonds is 8. The Kier molecular flexibility index (Phi) is 7.20. The number of hydrogen-bond donors (Lipinski definition) is 1. The minimum Gasteiger partial charge on any atom is -0.457 e. The molecule has 0 saturated heterocycles. The van der Waals surface area contributed by atoms with Crippen molar-refractivity contribution in [2.75, 3.05) is 15.9 Å². The lowest BCUT2D eigenvalue weighted by molar-refractivity contribution is -0.116. The van der Waals surface area contributed by atoms with Gasteiger partial charge in [0.2, 0.25) is 15.9 Å². The smallest absolute Gasteiger partial charge is 0.248 e. The highest BCUT2D eigenvalue weighted by Gasteiger charge is 2.29. The van der Waals surface area contributed by atoms with Gasteiger partial charge >= 0.3 is 0 Å². The fraction of sp³-hybridized carbons (Fsp3) is 0.240. The highest BCUT2D eigenvalue weighted by molar-refractivity contribution is 7.92. The van der Waals surface area contributed by atoms with E-state index in [4.69, 9.17) is 4.74 Å². The third kappa shape index (κ3) is 5.48. The number of nitrogens with one attached hydrogen (secondary N) is 1. The number of carbonyl (C=O) groups excluding carboxylic acids is 1. The largest absolute Gasteiger partial charge is 0.457 e. The zero-order valence-electron chi connectivity index (χ0n) is 18.7. The zero-order valence-corrected chi connectivity index (χ0v) is 19.5. The maximum Gasteiger partial charge on any atom is 0.248 e. The van der Waals surface area contributed by atoms with E-state index in [-0.39, 0.29) is 0 Å². The Balaban J connectivity index is 1.84. The van der Waals surface area contributed by atoms with Gasteiger partial charge in [-0.2, -0.15) is 0 Å². The van der Waals surface area contributed by atoms with Crippen molar-refractivity contribution in [2.45, 2.75) is 33.2 Å². The highest BCUT2D eigenvalue weighted by atomic mass is 32.2. The molecule has 0 unspecified atom stereocenters. The maximum absolute atomic E-state index is 13.1. The second-order valence-corrected chi connectivity index (χ2v) is 9.46. The number of anilines is 2. The number of para-hydroxylation sites is 2. The summed E-state index contributed by atoms with van der Waals surface area (Å²) in [4.78, 5) is 13.1. The van der Waals surface area contributed by atoms with Gasteiger partial charge in [0.15, 0.2) is 0 Å². The Morgan fingerprint density at radius 3 is 2.19 bits per heavy atom. The molecule has 1 N–H and O–H groups in total. The van der Waals surface area contributed by atoms with Crippen LogP contribution >= 0.6 is 0 Å². The van der Waals surface area contributed by atoms with Gasteiger partial charge in [0.25, 0.3) is 0 Å². The molecule has 0 aliphatic rings. The minimum absolute atomic E-state index is 0.385. The lowest BCUT2D eigenvalue weighted by Gasteiger charge is -2.29. The van der Waals surface area contributed by atoms with Crippen LogP contribution in [0, 0.1) is 6.92 Å². The Morgan fingerprint density at radius 2 is 1.59 bits per heavy atom. The summed E-state index contributed by atoms with van der Waals surface area (Å²) in [5.74, 6) is 0.847. The molecule has 1 atom stereocenters. The molecule has 168 valence electrons. The topological polar surface area (TPSA) is 75.7 Å². The van der Waals surface area contributed by atoms with Crippen LogP contribution in [0.2, 0.25) is 0 Å². The molecule has 0 aliphatic carbocycles. The Hall–Kier alpha value is -3.32. The Bertz CT molecular complexity index is 1180.